The minimum atomic E-state index is 0.491. The highest BCUT2D eigenvalue weighted by atomic mass is 15.2. The molecule has 2 heterocycles. The number of likely N-dealkylation sites (tertiary alicyclic amines) is 1. The van der Waals surface area contributed by atoms with Gasteiger partial charge in [-0.05, 0) is 76.9 Å². The number of hydrogen-bond donors (Lipinski definition) is 1. The van der Waals surface area contributed by atoms with Crippen molar-refractivity contribution in [3.63, 3.8) is 0 Å². The molecule has 0 spiro atoms. The van der Waals surface area contributed by atoms with Crippen molar-refractivity contribution >= 4 is 18.0 Å². The fourth-order valence-corrected chi connectivity index (χ4v) is 4.70. The molecule has 0 amide bonds. The first-order chi connectivity index (χ1) is 16.4. The molecule has 1 aliphatic heterocycles. The number of nitriles is 1. The summed E-state index contributed by atoms with van der Waals surface area (Å²) in [6.45, 7) is 11.1. The highest BCUT2D eigenvalue weighted by Gasteiger charge is 2.22. The summed E-state index contributed by atoms with van der Waals surface area (Å²) in [6, 6.07) is 8.60. The molecule has 1 atom stereocenters. The predicted molar refractivity (Wildman–Crippen MR) is 140 cm³/mol. The van der Waals surface area contributed by atoms with Crippen molar-refractivity contribution in [1.29, 1.82) is 5.26 Å². The highest BCUT2D eigenvalue weighted by Crippen LogP contribution is 2.19. The van der Waals surface area contributed by atoms with E-state index in [4.69, 9.17) is 0 Å². The molecule has 1 aromatic carbocycles. The largest absolute Gasteiger partial charge is 0.371 e. The fourth-order valence-electron chi connectivity index (χ4n) is 4.70. The van der Waals surface area contributed by atoms with Crippen LogP contribution >= 0.6 is 0 Å². The van der Waals surface area contributed by atoms with Gasteiger partial charge in [0.15, 0.2) is 5.82 Å². The quantitative estimate of drug-likeness (QED) is 0.685. The van der Waals surface area contributed by atoms with E-state index >= 15 is 0 Å². The number of nitrogens with zero attached hydrogens (tertiary/aromatic N) is 5. The van der Waals surface area contributed by atoms with Gasteiger partial charge in [-0.2, -0.15) is 10.4 Å². The molecule has 1 unspecified atom stereocenters. The lowest BCUT2D eigenvalue weighted by Crippen LogP contribution is -2.44. The van der Waals surface area contributed by atoms with Crippen LogP contribution in [0.4, 0.5) is 5.82 Å². The second-order valence-corrected chi connectivity index (χ2v) is 9.16. The number of aryl methyl sites for hydroxylation is 1. The zero-order chi connectivity index (χ0) is 24.7. The number of nitrogens with one attached hydrogen (secondary N) is 1. The Morgan fingerprint density at radius 1 is 1.29 bits per heavy atom. The molecule has 3 rings (SSSR count). The number of aromatic nitrogens is 2. The Kier molecular flexibility index (Phi) is 8.84. The second kappa shape index (κ2) is 11.8. The van der Waals surface area contributed by atoms with Crippen LogP contribution in [0.3, 0.4) is 0 Å². The molecule has 2 aromatic rings. The van der Waals surface area contributed by atoms with E-state index in [0.29, 0.717) is 18.2 Å². The minimum Gasteiger partial charge on any atom is -0.371 e. The van der Waals surface area contributed by atoms with Crippen molar-refractivity contribution in [2.75, 3.05) is 32.5 Å². The van der Waals surface area contributed by atoms with Crippen LogP contribution in [-0.2, 0) is 6.54 Å². The Balaban J connectivity index is 2.02. The minimum absolute atomic E-state index is 0.491. The molecule has 0 aliphatic carbocycles. The molecule has 6 nitrogen and oxygen atoms in total. The first kappa shape index (κ1) is 25.5. The van der Waals surface area contributed by atoms with Crippen LogP contribution in [0.15, 0.2) is 30.0 Å². The van der Waals surface area contributed by atoms with Gasteiger partial charge >= 0.3 is 0 Å². The molecule has 1 aliphatic rings. The molecule has 1 N–H and O–H groups in total. The third-order valence-electron chi connectivity index (χ3n) is 6.80. The average molecular weight is 459 g/mol. The van der Waals surface area contributed by atoms with E-state index < -0.39 is 0 Å². The predicted octanol–water partition coefficient (Wildman–Crippen LogP) is 3.48. The molecule has 0 saturated carbocycles. The number of allylic oxidation sites excluding steroid dienone is 2. The summed E-state index contributed by atoms with van der Waals surface area (Å²) in [7, 11) is 4.42. The lowest BCUT2D eigenvalue weighted by atomic mass is 10.0. The standard InChI is InChI=1S/C28H38N6/c1-7-11-24(34(6)25-14-10-15-33(5)19-25)16-27-26(8-2)21(4)31-32-28(27)30-18-23-13-9-12-22(17-29)20(23)3/h8-9,11-13,16,25H,7,10,14-15,18-19H2,1-6H3,(H,30,32)/b24-11-,26-8-,27-16+. The van der Waals surface area contributed by atoms with Crippen molar-refractivity contribution < 1.29 is 0 Å². The summed E-state index contributed by atoms with van der Waals surface area (Å²) < 4.78 is 0. The van der Waals surface area contributed by atoms with E-state index in [1.165, 1.54) is 25.1 Å². The molecule has 0 bridgehead atoms. The number of anilines is 1. The van der Waals surface area contributed by atoms with Crippen molar-refractivity contribution in [3.8, 4) is 6.07 Å². The molecule has 6 heteroatoms. The van der Waals surface area contributed by atoms with E-state index in [1.807, 2.05) is 26.0 Å². The van der Waals surface area contributed by atoms with Crippen molar-refractivity contribution in [2.24, 2.45) is 0 Å². The van der Waals surface area contributed by atoms with Gasteiger partial charge in [0.1, 0.15) is 0 Å². The molecular weight excluding hydrogens is 420 g/mol. The third-order valence-corrected chi connectivity index (χ3v) is 6.80. The Morgan fingerprint density at radius 3 is 2.76 bits per heavy atom. The Morgan fingerprint density at radius 2 is 2.09 bits per heavy atom. The second-order valence-electron chi connectivity index (χ2n) is 9.16. The number of hydrogen-bond acceptors (Lipinski definition) is 6. The Bertz CT molecular complexity index is 1190. The van der Waals surface area contributed by atoms with E-state index in [-0.39, 0.29) is 0 Å². The van der Waals surface area contributed by atoms with Gasteiger partial charge in [0, 0.05) is 42.3 Å². The maximum atomic E-state index is 9.38. The Labute approximate surface area is 204 Å². The SMILES string of the molecule is C/C=c1/c(C)nnc(NCc2cccc(C#N)c2C)/c1=C/C(=C/CC)N(C)C1CCCN(C)C1. The summed E-state index contributed by atoms with van der Waals surface area (Å²) in [5.41, 5.74) is 4.91. The van der Waals surface area contributed by atoms with Gasteiger partial charge in [0.2, 0.25) is 0 Å². The lowest BCUT2D eigenvalue weighted by molar-refractivity contribution is 0.164. The number of rotatable bonds is 7. The van der Waals surface area contributed by atoms with Crippen LogP contribution in [0.1, 0.15) is 55.5 Å². The van der Waals surface area contributed by atoms with Crippen LogP contribution in [-0.4, -0.2) is 53.2 Å². The van der Waals surface area contributed by atoms with Gasteiger partial charge in [0.05, 0.1) is 17.3 Å². The smallest absolute Gasteiger partial charge is 0.156 e. The fraction of sp³-hybridized carbons (Fsp3) is 0.464. The van der Waals surface area contributed by atoms with Gasteiger partial charge in [-0.1, -0.05) is 31.2 Å². The van der Waals surface area contributed by atoms with Crippen LogP contribution in [0.25, 0.3) is 12.2 Å². The summed E-state index contributed by atoms with van der Waals surface area (Å²) in [4.78, 5) is 4.85. The van der Waals surface area contributed by atoms with Crippen LogP contribution in [0.2, 0.25) is 0 Å². The number of piperidine rings is 1. The molecule has 180 valence electrons. The van der Waals surface area contributed by atoms with Gasteiger partial charge in [-0.3, -0.25) is 0 Å². The summed E-state index contributed by atoms with van der Waals surface area (Å²) >= 11 is 0. The summed E-state index contributed by atoms with van der Waals surface area (Å²) in [6.07, 6.45) is 10.1. The Hall–Kier alpha value is -3.17. The first-order valence-electron chi connectivity index (χ1n) is 12.2. The van der Waals surface area contributed by atoms with Crippen molar-refractivity contribution in [1.82, 2.24) is 20.0 Å². The maximum absolute atomic E-state index is 9.38. The lowest BCUT2D eigenvalue weighted by Gasteiger charge is -2.37. The number of likely N-dealkylation sites (N-methyl/N-ethyl adjacent to an activating group) is 2. The van der Waals surface area contributed by atoms with Crippen LogP contribution in [0.5, 0.6) is 0 Å². The van der Waals surface area contributed by atoms with Crippen molar-refractivity contribution in [3.05, 3.63) is 62.8 Å². The third kappa shape index (κ3) is 5.84. The normalized spacial score (nSPS) is 18.1. The van der Waals surface area contributed by atoms with E-state index in [1.54, 1.807) is 0 Å². The molecular formula is C28H38N6. The zero-order valence-electron chi connectivity index (χ0n) is 21.5. The highest BCUT2D eigenvalue weighted by molar-refractivity contribution is 5.55. The van der Waals surface area contributed by atoms with Gasteiger partial charge in [0.25, 0.3) is 0 Å². The van der Waals surface area contributed by atoms with E-state index in [0.717, 1.165) is 46.0 Å². The van der Waals surface area contributed by atoms with Crippen molar-refractivity contribution in [2.45, 2.75) is 59.5 Å². The maximum Gasteiger partial charge on any atom is 0.156 e. The summed E-state index contributed by atoms with van der Waals surface area (Å²) in [5, 5.41) is 24.0. The number of benzene rings is 1. The van der Waals surface area contributed by atoms with Gasteiger partial charge in [-0.15, -0.1) is 5.10 Å². The monoisotopic (exact) mass is 458 g/mol. The van der Waals surface area contributed by atoms with Crippen LogP contribution in [0, 0.1) is 25.2 Å². The first-order valence-corrected chi connectivity index (χ1v) is 12.2. The average Bonchev–Trinajstić information content (AvgIpc) is 2.83. The topological polar surface area (TPSA) is 68.1 Å². The molecule has 1 aromatic heterocycles. The molecule has 1 fully saturated rings. The zero-order valence-corrected chi connectivity index (χ0v) is 21.5. The molecule has 0 radical (unpaired) electrons. The molecule has 1 saturated heterocycles. The molecule has 34 heavy (non-hydrogen) atoms. The van der Waals surface area contributed by atoms with E-state index in [2.05, 4.69) is 83.6 Å². The summed E-state index contributed by atoms with van der Waals surface area (Å²) in [5.74, 6) is 0.761. The van der Waals surface area contributed by atoms with Crippen LogP contribution < -0.4 is 15.8 Å². The van der Waals surface area contributed by atoms with Gasteiger partial charge < -0.3 is 15.1 Å². The van der Waals surface area contributed by atoms with E-state index in [9.17, 15) is 5.26 Å². The van der Waals surface area contributed by atoms with Gasteiger partial charge in [-0.25, -0.2) is 0 Å².